The van der Waals surface area contributed by atoms with Crippen LogP contribution < -0.4 is 10.6 Å². The van der Waals surface area contributed by atoms with E-state index >= 15 is 0 Å². The van der Waals surface area contributed by atoms with Crippen molar-refractivity contribution in [3.8, 4) is 0 Å². The van der Waals surface area contributed by atoms with E-state index in [1.165, 1.54) is 60.8 Å². The van der Waals surface area contributed by atoms with Gasteiger partial charge < -0.3 is 29.6 Å². The van der Waals surface area contributed by atoms with Crippen LogP contribution in [-0.2, 0) is 60.6 Å². The summed E-state index contributed by atoms with van der Waals surface area (Å²) < 4.78 is 20.5. The van der Waals surface area contributed by atoms with Gasteiger partial charge in [-0.3, -0.25) is 33.6 Å². The lowest BCUT2D eigenvalue weighted by Gasteiger charge is -2.34. The number of carbonyl (C=O) groups is 7. The Morgan fingerprint density at radius 2 is 0.930 bits per heavy atom. The lowest BCUT2D eigenvalue weighted by atomic mass is 9.88. The highest BCUT2D eigenvalue weighted by Crippen LogP contribution is 2.23. The van der Waals surface area contributed by atoms with Crippen LogP contribution in [0.4, 0.5) is 0 Å². The van der Waals surface area contributed by atoms with Gasteiger partial charge in [-0.25, -0.2) is 0 Å². The monoisotopic (exact) mass is 796 g/mol. The fourth-order valence-corrected chi connectivity index (χ4v) is 6.17. The van der Waals surface area contributed by atoms with Crippen LogP contribution in [0.2, 0.25) is 0 Å². The summed E-state index contributed by atoms with van der Waals surface area (Å²) in [5, 5.41) is 5.78. The van der Waals surface area contributed by atoms with Gasteiger partial charge >= 0.3 is 23.9 Å². The third kappa shape index (κ3) is 23.6. The smallest absolute Gasteiger partial charge is 0.302 e. The van der Waals surface area contributed by atoms with E-state index < -0.39 is 29.0 Å². The molecule has 2 rings (SSSR count). The molecule has 0 saturated heterocycles. The van der Waals surface area contributed by atoms with Gasteiger partial charge in [0.25, 0.3) is 0 Å². The van der Waals surface area contributed by atoms with Crippen molar-refractivity contribution in [2.75, 3.05) is 26.4 Å². The van der Waals surface area contributed by atoms with E-state index in [1.54, 1.807) is 0 Å². The maximum Gasteiger partial charge on any atom is 0.302 e. The zero-order valence-electron chi connectivity index (χ0n) is 35.0. The minimum Gasteiger partial charge on any atom is -0.466 e. The number of hydrogen-bond donors (Lipinski definition) is 2. The first-order valence-electron chi connectivity index (χ1n) is 19.8. The molecule has 0 spiro atoms. The topological polar surface area (TPSA) is 180 Å². The number of ether oxygens (including phenoxy) is 4. The Hall–Kier alpha value is -5.07. The third-order valence-electron chi connectivity index (χ3n) is 9.17. The highest BCUT2D eigenvalue weighted by molar-refractivity contribution is 5.96. The summed E-state index contributed by atoms with van der Waals surface area (Å²) in [7, 11) is 0. The molecule has 0 aliphatic heterocycles. The fraction of sp³-hybridized carbons (Fsp3) is 0.568. The Morgan fingerprint density at radius 3 is 1.33 bits per heavy atom. The van der Waals surface area contributed by atoms with Crippen LogP contribution in [0.15, 0.2) is 54.6 Å². The molecule has 13 heteroatoms. The molecule has 13 nitrogen and oxygen atoms in total. The van der Waals surface area contributed by atoms with Gasteiger partial charge in [0, 0.05) is 66.4 Å². The van der Waals surface area contributed by atoms with E-state index in [0.29, 0.717) is 50.5 Å². The maximum atomic E-state index is 12.4. The van der Waals surface area contributed by atoms with Crippen LogP contribution in [0.5, 0.6) is 0 Å². The van der Waals surface area contributed by atoms with Crippen molar-refractivity contribution in [1.29, 1.82) is 0 Å². The summed E-state index contributed by atoms with van der Waals surface area (Å²) >= 11 is 0. The number of unbranched alkanes of at least 4 members (excludes halogenated alkanes) is 4. The van der Waals surface area contributed by atoms with Gasteiger partial charge in [-0.15, -0.1) is 0 Å². The quantitative estimate of drug-likeness (QED) is 0.0481. The van der Waals surface area contributed by atoms with Crippen LogP contribution in [-0.4, -0.2) is 79.0 Å². The van der Waals surface area contributed by atoms with Crippen molar-refractivity contribution in [3.63, 3.8) is 0 Å². The van der Waals surface area contributed by atoms with Crippen molar-refractivity contribution in [2.45, 2.75) is 137 Å². The van der Waals surface area contributed by atoms with Crippen molar-refractivity contribution in [3.05, 3.63) is 71.3 Å². The number of Topliss-reactive ketones (excluding diaryl/α,β-unsaturated/α-hetero) is 1. The molecule has 0 radical (unpaired) electrons. The van der Waals surface area contributed by atoms with E-state index in [0.717, 1.165) is 24.0 Å². The minimum absolute atomic E-state index is 0.0161. The van der Waals surface area contributed by atoms with Gasteiger partial charge in [0.1, 0.15) is 13.2 Å². The number of hydrogen-bond acceptors (Lipinski definition) is 11. The number of benzene rings is 2. The molecular formula is C44H64N2O11. The first-order chi connectivity index (χ1) is 27.0. The summed E-state index contributed by atoms with van der Waals surface area (Å²) in [6, 6.07) is 17.3. The van der Waals surface area contributed by atoms with Gasteiger partial charge in [0.05, 0.1) is 24.3 Å². The molecule has 2 N–H and O–H groups in total. The van der Waals surface area contributed by atoms with E-state index in [4.69, 9.17) is 18.9 Å². The predicted octanol–water partition coefficient (Wildman–Crippen LogP) is 6.56. The highest BCUT2D eigenvalue weighted by Gasteiger charge is 2.34. The molecule has 0 aliphatic rings. The molecule has 2 aromatic carbocycles. The Balaban J connectivity index is 0.000000599. The number of esters is 4. The van der Waals surface area contributed by atoms with Crippen LogP contribution in [0.25, 0.3) is 0 Å². The normalized spacial score (nSPS) is 12.6. The molecule has 2 atom stereocenters. The van der Waals surface area contributed by atoms with Crippen LogP contribution >= 0.6 is 0 Å². The van der Waals surface area contributed by atoms with Gasteiger partial charge in [-0.2, -0.15) is 0 Å². The van der Waals surface area contributed by atoms with Crippen molar-refractivity contribution >= 4 is 41.5 Å². The fourth-order valence-electron chi connectivity index (χ4n) is 6.17. The standard InChI is InChI=1S/C26H39NO6.C18H25NO5/c1-5-6-7-8-9-10-25(31)24-13-11-23(12-14-24)15-16-26(27-20(2)28,19-33-22(4)30)17-18-32-21(3)29;1-14(20)19-18(13-24-16(3)22,11-12-23-15(2)21)10-9-17-7-5-4-6-8-17/h11-14H,5-10,15-19H2,1-4H3,(H,27,28);4-8H,9-13H2,1-3H3,(H,19,20). The van der Waals surface area contributed by atoms with Gasteiger partial charge in [-0.1, -0.05) is 87.2 Å². The molecule has 0 aromatic heterocycles. The number of rotatable bonds is 25. The summed E-state index contributed by atoms with van der Waals surface area (Å²) in [4.78, 5) is 80.7. The van der Waals surface area contributed by atoms with Gasteiger partial charge in [-0.05, 0) is 43.2 Å². The Labute approximate surface area is 338 Å². The van der Waals surface area contributed by atoms with Crippen molar-refractivity contribution in [2.24, 2.45) is 0 Å². The Morgan fingerprint density at radius 1 is 0.509 bits per heavy atom. The SMILES string of the molecule is CC(=O)NC(CCOC(C)=O)(CCc1ccccc1)COC(C)=O.CCCCCCCC(=O)c1ccc(CCC(CCOC(C)=O)(COC(C)=O)NC(C)=O)cc1. The molecule has 0 fully saturated rings. The summed E-state index contributed by atoms with van der Waals surface area (Å²) in [5.41, 5.74) is 1.18. The number of amides is 2. The second-order valence-electron chi connectivity index (χ2n) is 14.4. The average molecular weight is 797 g/mol. The second kappa shape index (κ2) is 27.5. The molecule has 2 amide bonds. The van der Waals surface area contributed by atoms with E-state index in [-0.39, 0.29) is 50.0 Å². The first-order valence-corrected chi connectivity index (χ1v) is 19.8. The number of ketones is 1. The number of aryl methyl sites for hydroxylation is 2. The molecule has 0 saturated carbocycles. The van der Waals surface area contributed by atoms with E-state index in [9.17, 15) is 33.6 Å². The molecule has 57 heavy (non-hydrogen) atoms. The second-order valence-corrected chi connectivity index (χ2v) is 14.4. The predicted molar refractivity (Wildman–Crippen MR) is 216 cm³/mol. The zero-order chi connectivity index (χ0) is 42.7. The lowest BCUT2D eigenvalue weighted by Crippen LogP contribution is -2.52. The number of nitrogens with one attached hydrogen (secondary N) is 2. The van der Waals surface area contributed by atoms with Crippen LogP contribution in [0.3, 0.4) is 0 Å². The Kier molecular flexibility index (Phi) is 24.1. The number of carbonyl (C=O) groups excluding carboxylic acids is 7. The first kappa shape index (κ1) is 49.9. The largest absolute Gasteiger partial charge is 0.466 e. The van der Waals surface area contributed by atoms with E-state index in [2.05, 4.69) is 17.6 Å². The highest BCUT2D eigenvalue weighted by atomic mass is 16.5. The van der Waals surface area contributed by atoms with Crippen LogP contribution in [0, 0.1) is 0 Å². The molecule has 0 heterocycles. The maximum absolute atomic E-state index is 12.4. The van der Waals surface area contributed by atoms with E-state index in [1.807, 2.05) is 54.6 Å². The molecule has 0 bridgehead atoms. The molecule has 2 unspecified atom stereocenters. The van der Waals surface area contributed by atoms with Gasteiger partial charge in [0.15, 0.2) is 5.78 Å². The molecule has 0 aliphatic carbocycles. The summed E-state index contributed by atoms with van der Waals surface area (Å²) in [5.74, 6) is -2.00. The lowest BCUT2D eigenvalue weighted by molar-refractivity contribution is -0.147. The molecular weight excluding hydrogens is 732 g/mol. The Bertz CT molecular complexity index is 1560. The van der Waals surface area contributed by atoms with Gasteiger partial charge in [0.2, 0.25) is 11.8 Å². The third-order valence-corrected chi connectivity index (χ3v) is 9.17. The summed E-state index contributed by atoms with van der Waals surface area (Å²) in [6.45, 7) is 10.5. The minimum atomic E-state index is -0.861. The average Bonchev–Trinajstić information content (AvgIpc) is 3.14. The van der Waals surface area contributed by atoms with Crippen molar-refractivity contribution in [1.82, 2.24) is 10.6 Å². The molecule has 2 aromatic rings. The van der Waals surface area contributed by atoms with Crippen LogP contribution in [0.1, 0.15) is 134 Å². The molecule has 316 valence electrons. The van der Waals surface area contributed by atoms with Crippen molar-refractivity contribution < 1.29 is 52.5 Å². The summed E-state index contributed by atoms with van der Waals surface area (Å²) in [6.07, 6.45) is 9.13. The zero-order valence-corrected chi connectivity index (χ0v) is 35.0.